The standard InChI is InChI=1S/C17H14O2/c18-17(19)14-8-5-13(6-9-14)16-10-7-12-3-1-2-4-15(12)11-16/h1-6,8-10H,7,11H2,(H,18,19). The van der Waals surface area contributed by atoms with E-state index in [2.05, 4.69) is 30.3 Å². The smallest absolute Gasteiger partial charge is 0.335 e. The maximum Gasteiger partial charge on any atom is 0.335 e. The molecule has 2 aromatic carbocycles. The highest BCUT2D eigenvalue weighted by Crippen LogP contribution is 2.27. The quantitative estimate of drug-likeness (QED) is 0.884. The van der Waals surface area contributed by atoms with Crippen LogP contribution in [0, 0.1) is 0 Å². The third-order valence-corrected chi connectivity index (χ3v) is 3.57. The molecule has 2 heteroatoms. The zero-order valence-corrected chi connectivity index (χ0v) is 10.5. The van der Waals surface area contributed by atoms with Crippen LogP contribution in [-0.4, -0.2) is 11.1 Å². The summed E-state index contributed by atoms with van der Waals surface area (Å²) in [6.07, 6.45) is 4.10. The second kappa shape index (κ2) is 4.73. The van der Waals surface area contributed by atoms with E-state index in [1.165, 1.54) is 16.7 Å². The predicted molar refractivity (Wildman–Crippen MR) is 75.2 cm³/mol. The Kier molecular flexibility index (Phi) is 2.92. The van der Waals surface area contributed by atoms with Crippen molar-refractivity contribution in [3.8, 4) is 0 Å². The van der Waals surface area contributed by atoms with Gasteiger partial charge in [0.25, 0.3) is 0 Å². The number of fused-ring (bicyclic) bond motifs is 1. The Morgan fingerprint density at radius 1 is 0.947 bits per heavy atom. The molecule has 94 valence electrons. The van der Waals surface area contributed by atoms with Gasteiger partial charge in [-0.3, -0.25) is 0 Å². The molecule has 0 heterocycles. The Balaban J connectivity index is 1.88. The Morgan fingerprint density at radius 3 is 2.32 bits per heavy atom. The van der Waals surface area contributed by atoms with Gasteiger partial charge in [0.2, 0.25) is 0 Å². The molecule has 0 saturated heterocycles. The number of aromatic carboxylic acids is 1. The highest BCUT2D eigenvalue weighted by Gasteiger charge is 2.12. The number of hydrogen-bond donors (Lipinski definition) is 1. The van der Waals surface area contributed by atoms with Crippen LogP contribution < -0.4 is 0 Å². The minimum atomic E-state index is -0.880. The predicted octanol–water partition coefficient (Wildman–Crippen LogP) is 3.57. The average molecular weight is 250 g/mol. The summed E-state index contributed by atoms with van der Waals surface area (Å²) in [6.45, 7) is 0. The summed E-state index contributed by atoms with van der Waals surface area (Å²) in [5.41, 5.74) is 5.46. The van der Waals surface area contributed by atoms with Crippen LogP contribution in [0.4, 0.5) is 0 Å². The number of hydrogen-bond acceptors (Lipinski definition) is 1. The first-order chi connectivity index (χ1) is 9.24. The maximum absolute atomic E-state index is 10.8. The molecule has 2 nitrogen and oxygen atoms in total. The molecular formula is C17H14O2. The van der Waals surface area contributed by atoms with Gasteiger partial charge < -0.3 is 5.11 Å². The third-order valence-electron chi connectivity index (χ3n) is 3.57. The second-order valence-corrected chi connectivity index (χ2v) is 4.76. The molecule has 0 aliphatic heterocycles. The van der Waals surface area contributed by atoms with Crippen LogP contribution in [0.25, 0.3) is 5.57 Å². The lowest BCUT2D eigenvalue weighted by Crippen LogP contribution is -2.03. The summed E-state index contributed by atoms with van der Waals surface area (Å²) in [5.74, 6) is -0.880. The van der Waals surface area contributed by atoms with Crippen LogP contribution in [0.15, 0.2) is 54.6 Å². The fourth-order valence-electron chi connectivity index (χ4n) is 2.49. The topological polar surface area (TPSA) is 37.3 Å². The van der Waals surface area contributed by atoms with Gasteiger partial charge in [0.15, 0.2) is 0 Å². The van der Waals surface area contributed by atoms with Crippen molar-refractivity contribution in [2.45, 2.75) is 12.8 Å². The fourth-order valence-corrected chi connectivity index (χ4v) is 2.49. The van der Waals surface area contributed by atoms with Crippen molar-refractivity contribution in [2.75, 3.05) is 0 Å². The van der Waals surface area contributed by atoms with Crippen LogP contribution in [-0.2, 0) is 12.8 Å². The number of carbonyl (C=O) groups is 1. The van der Waals surface area contributed by atoms with Gasteiger partial charge in [-0.1, -0.05) is 42.5 Å². The summed E-state index contributed by atoms with van der Waals surface area (Å²) in [5, 5.41) is 8.90. The zero-order chi connectivity index (χ0) is 13.2. The number of allylic oxidation sites excluding steroid dienone is 2. The number of carboxylic acids is 1. The minimum absolute atomic E-state index is 0.334. The summed E-state index contributed by atoms with van der Waals surface area (Å²) in [7, 11) is 0. The second-order valence-electron chi connectivity index (χ2n) is 4.76. The van der Waals surface area contributed by atoms with E-state index in [1.54, 1.807) is 12.1 Å². The molecule has 0 radical (unpaired) electrons. The number of benzene rings is 2. The molecule has 19 heavy (non-hydrogen) atoms. The van der Waals surface area contributed by atoms with Crippen LogP contribution in [0.3, 0.4) is 0 Å². The van der Waals surface area contributed by atoms with Gasteiger partial charge in [-0.25, -0.2) is 4.79 Å². The molecule has 0 amide bonds. The van der Waals surface area contributed by atoms with E-state index >= 15 is 0 Å². The SMILES string of the molecule is O=C(O)c1ccc(C2=CCc3ccccc3C2)cc1. The lowest BCUT2D eigenvalue weighted by Gasteiger charge is -2.17. The monoisotopic (exact) mass is 250 g/mol. The molecule has 3 rings (SSSR count). The Hall–Kier alpha value is -2.35. The van der Waals surface area contributed by atoms with Gasteiger partial charge in [0, 0.05) is 0 Å². The normalized spacial score (nSPS) is 13.6. The molecule has 0 spiro atoms. The Labute approximate surface area is 112 Å². The van der Waals surface area contributed by atoms with Crippen molar-refractivity contribution in [3.63, 3.8) is 0 Å². The molecule has 0 aromatic heterocycles. The average Bonchev–Trinajstić information content (AvgIpc) is 2.47. The maximum atomic E-state index is 10.8. The summed E-state index contributed by atoms with van der Waals surface area (Å²) in [4.78, 5) is 10.8. The van der Waals surface area contributed by atoms with Crippen molar-refractivity contribution in [3.05, 3.63) is 76.9 Å². The lowest BCUT2D eigenvalue weighted by molar-refractivity contribution is 0.0697. The van der Waals surface area contributed by atoms with Crippen LogP contribution in [0.5, 0.6) is 0 Å². The van der Waals surface area contributed by atoms with Gasteiger partial charge in [-0.05, 0) is 47.2 Å². The number of rotatable bonds is 2. The molecule has 2 aromatic rings. The first kappa shape index (κ1) is 11.7. The van der Waals surface area contributed by atoms with E-state index in [-0.39, 0.29) is 0 Å². The van der Waals surface area contributed by atoms with Crippen LogP contribution in [0.1, 0.15) is 27.0 Å². The minimum Gasteiger partial charge on any atom is -0.478 e. The number of carboxylic acid groups (broad SMARTS) is 1. The van der Waals surface area contributed by atoms with Crippen LogP contribution in [0.2, 0.25) is 0 Å². The van der Waals surface area contributed by atoms with E-state index in [9.17, 15) is 4.79 Å². The van der Waals surface area contributed by atoms with Crippen LogP contribution >= 0.6 is 0 Å². The molecule has 0 saturated carbocycles. The van der Waals surface area contributed by atoms with E-state index in [0.29, 0.717) is 5.56 Å². The zero-order valence-electron chi connectivity index (χ0n) is 10.5. The van der Waals surface area contributed by atoms with Crippen molar-refractivity contribution < 1.29 is 9.90 Å². The summed E-state index contributed by atoms with van der Waals surface area (Å²) < 4.78 is 0. The van der Waals surface area contributed by atoms with Crippen molar-refractivity contribution in [1.29, 1.82) is 0 Å². The molecule has 1 aliphatic rings. The van der Waals surface area contributed by atoms with Crippen molar-refractivity contribution in [2.24, 2.45) is 0 Å². The molecule has 1 N–H and O–H groups in total. The summed E-state index contributed by atoms with van der Waals surface area (Å²) in [6, 6.07) is 15.6. The highest BCUT2D eigenvalue weighted by molar-refractivity contribution is 5.88. The van der Waals surface area contributed by atoms with E-state index in [1.807, 2.05) is 12.1 Å². The van der Waals surface area contributed by atoms with E-state index < -0.39 is 5.97 Å². The van der Waals surface area contributed by atoms with Gasteiger partial charge in [0.05, 0.1) is 5.56 Å². The molecule has 0 fully saturated rings. The summed E-state index contributed by atoms with van der Waals surface area (Å²) >= 11 is 0. The van der Waals surface area contributed by atoms with Crippen molar-refractivity contribution >= 4 is 11.5 Å². The molecular weight excluding hydrogens is 236 g/mol. The molecule has 0 bridgehead atoms. The molecule has 0 unspecified atom stereocenters. The van der Waals surface area contributed by atoms with E-state index in [0.717, 1.165) is 18.4 Å². The third kappa shape index (κ3) is 2.29. The first-order valence-corrected chi connectivity index (χ1v) is 6.33. The first-order valence-electron chi connectivity index (χ1n) is 6.33. The largest absolute Gasteiger partial charge is 0.478 e. The Morgan fingerprint density at radius 2 is 1.63 bits per heavy atom. The highest BCUT2D eigenvalue weighted by atomic mass is 16.4. The molecule has 1 aliphatic carbocycles. The van der Waals surface area contributed by atoms with Gasteiger partial charge in [-0.2, -0.15) is 0 Å². The van der Waals surface area contributed by atoms with Gasteiger partial charge >= 0.3 is 5.97 Å². The Bertz CT molecular complexity index is 651. The van der Waals surface area contributed by atoms with Gasteiger partial charge in [0.1, 0.15) is 0 Å². The van der Waals surface area contributed by atoms with E-state index in [4.69, 9.17) is 5.11 Å². The lowest BCUT2D eigenvalue weighted by atomic mass is 9.88. The molecule has 0 atom stereocenters. The van der Waals surface area contributed by atoms with Crippen molar-refractivity contribution in [1.82, 2.24) is 0 Å². The van der Waals surface area contributed by atoms with Gasteiger partial charge in [-0.15, -0.1) is 0 Å². The fraction of sp³-hybridized carbons (Fsp3) is 0.118.